The molecule has 4 aliphatic carbocycles. The lowest BCUT2D eigenvalue weighted by Crippen LogP contribution is -2.61. The van der Waals surface area contributed by atoms with E-state index in [0.29, 0.717) is 38.5 Å². The van der Waals surface area contributed by atoms with Crippen molar-refractivity contribution in [3.63, 3.8) is 0 Å². The molecule has 4 rings (SSSR count). The van der Waals surface area contributed by atoms with Gasteiger partial charge in [-0.3, -0.25) is 9.53 Å². The standard InChI is InChI=1S/C19H29F3N2O4/c1-16(2,3)28-15(26)24-18-7-4-17(5-8-18,6-9-18)14(25)23-12-10-13(11-12)27-19(20,21)22/h12-13H,4-11H2,1-3H3,(H,23,25)(H,24,26)/t12-,13+,17?,18?. The van der Waals surface area contributed by atoms with Crippen molar-refractivity contribution in [2.75, 3.05) is 0 Å². The fourth-order valence-electron chi connectivity index (χ4n) is 4.54. The monoisotopic (exact) mass is 406 g/mol. The molecular formula is C19H29F3N2O4. The molecule has 6 nitrogen and oxygen atoms in total. The number of carbonyl (C=O) groups excluding carboxylic acids is 2. The van der Waals surface area contributed by atoms with Crippen LogP contribution in [0.5, 0.6) is 0 Å². The second-order valence-electron chi connectivity index (χ2n) is 9.51. The van der Waals surface area contributed by atoms with E-state index < -0.39 is 29.6 Å². The summed E-state index contributed by atoms with van der Waals surface area (Å²) >= 11 is 0. The maximum Gasteiger partial charge on any atom is 0.522 e. The van der Waals surface area contributed by atoms with Gasteiger partial charge in [0.15, 0.2) is 0 Å². The summed E-state index contributed by atoms with van der Waals surface area (Å²) in [6.45, 7) is 5.43. The van der Waals surface area contributed by atoms with E-state index in [4.69, 9.17) is 4.74 Å². The largest absolute Gasteiger partial charge is 0.522 e. The Labute approximate surface area is 162 Å². The van der Waals surface area contributed by atoms with Gasteiger partial charge in [-0.1, -0.05) is 0 Å². The number of alkyl carbamates (subject to hydrolysis) is 1. The van der Waals surface area contributed by atoms with E-state index in [1.54, 1.807) is 0 Å². The fraction of sp³-hybridized carbons (Fsp3) is 0.895. The van der Waals surface area contributed by atoms with E-state index in [9.17, 15) is 22.8 Å². The number of ether oxygens (including phenoxy) is 2. The molecule has 2 amide bonds. The highest BCUT2D eigenvalue weighted by Crippen LogP contribution is 2.52. The molecule has 160 valence electrons. The van der Waals surface area contributed by atoms with E-state index in [-0.39, 0.29) is 30.3 Å². The van der Waals surface area contributed by atoms with E-state index in [0.717, 1.165) is 0 Å². The van der Waals surface area contributed by atoms with Crippen LogP contribution < -0.4 is 10.6 Å². The Morgan fingerprint density at radius 3 is 1.96 bits per heavy atom. The van der Waals surface area contributed by atoms with Gasteiger partial charge in [-0.25, -0.2) is 4.79 Å². The SMILES string of the molecule is CC(C)(C)OC(=O)NC12CCC(C(=O)N[C@H]3C[C@@H](OC(F)(F)F)C3)(CC1)CC2. The van der Waals surface area contributed by atoms with Crippen LogP contribution in [0.25, 0.3) is 0 Å². The van der Waals surface area contributed by atoms with Crippen LogP contribution >= 0.6 is 0 Å². The lowest BCUT2D eigenvalue weighted by atomic mass is 9.56. The number of amides is 2. The summed E-state index contributed by atoms with van der Waals surface area (Å²) in [7, 11) is 0. The summed E-state index contributed by atoms with van der Waals surface area (Å²) in [4.78, 5) is 24.9. The summed E-state index contributed by atoms with van der Waals surface area (Å²) in [5.74, 6) is -0.0754. The Morgan fingerprint density at radius 1 is 0.964 bits per heavy atom. The number of rotatable bonds is 4. The zero-order valence-corrected chi connectivity index (χ0v) is 16.6. The average Bonchev–Trinajstić information content (AvgIpc) is 2.51. The van der Waals surface area contributed by atoms with Gasteiger partial charge in [-0.05, 0) is 72.1 Å². The number of carbonyl (C=O) groups is 2. The molecule has 0 atom stereocenters. The molecule has 0 saturated heterocycles. The third-order valence-electron chi connectivity index (χ3n) is 6.22. The fourth-order valence-corrected chi connectivity index (χ4v) is 4.54. The van der Waals surface area contributed by atoms with Crippen molar-refractivity contribution in [3.8, 4) is 0 Å². The molecular weight excluding hydrogens is 377 g/mol. The Bertz CT molecular complexity index is 599. The predicted molar refractivity (Wildman–Crippen MR) is 94.3 cm³/mol. The Kier molecular flexibility index (Phi) is 5.36. The highest BCUT2D eigenvalue weighted by atomic mass is 19.4. The molecule has 0 heterocycles. The van der Waals surface area contributed by atoms with Crippen LogP contribution in [0.3, 0.4) is 0 Å². The molecule has 9 heteroatoms. The number of alkyl halides is 3. The molecule has 4 fully saturated rings. The van der Waals surface area contributed by atoms with E-state index in [1.807, 2.05) is 20.8 Å². The molecule has 0 aromatic carbocycles. The zero-order chi connectivity index (χ0) is 20.8. The van der Waals surface area contributed by atoms with E-state index in [2.05, 4.69) is 15.4 Å². The average molecular weight is 406 g/mol. The normalized spacial score (nSPS) is 35.1. The third-order valence-corrected chi connectivity index (χ3v) is 6.22. The molecule has 2 bridgehead atoms. The minimum atomic E-state index is -4.63. The second kappa shape index (κ2) is 7.07. The first-order valence-corrected chi connectivity index (χ1v) is 9.87. The van der Waals surface area contributed by atoms with Gasteiger partial charge in [0, 0.05) is 17.0 Å². The van der Waals surface area contributed by atoms with Crippen LogP contribution in [0.1, 0.15) is 72.1 Å². The molecule has 0 radical (unpaired) electrons. The first-order chi connectivity index (χ1) is 12.8. The highest BCUT2D eigenvalue weighted by Gasteiger charge is 2.54. The smallest absolute Gasteiger partial charge is 0.444 e. The van der Waals surface area contributed by atoms with Gasteiger partial charge in [-0.2, -0.15) is 0 Å². The molecule has 0 unspecified atom stereocenters. The van der Waals surface area contributed by atoms with Gasteiger partial charge < -0.3 is 15.4 Å². The quantitative estimate of drug-likeness (QED) is 0.745. The summed E-state index contributed by atoms with van der Waals surface area (Å²) in [6, 6.07) is -0.261. The van der Waals surface area contributed by atoms with Crippen molar-refractivity contribution in [1.82, 2.24) is 10.6 Å². The number of hydrogen-bond acceptors (Lipinski definition) is 4. The van der Waals surface area contributed by atoms with Gasteiger partial charge in [-0.15, -0.1) is 13.2 Å². The molecule has 0 aromatic heterocycles. The first kappa shape index (κ1) is 21.2. The van der Waals surface area contributed by atoms with Crippen molar-refractivity contribution in [2.24, 2.45) is 5.41 Å². The second-order valence-corrected chi connectivity index (χ2v) is 9.51. The minimum absolute atomic E-state index is 0.0754. The number of fused-ring (bicyclic) bond motifs is 3. The van der Waals surface area contributed by atoms with Crippen molar-refractivity contribution < 1.29 is 32.2 Å². The summed E-state index contributed by atoms with van der Waals surface area (Å²) in [5, 5.41) is 5.91. The maximum absolute atomic E-state index is 12.8. The Morgan fingerprint density at radius 2 is 1.50 bits per heavy atom. The summed E-state index contributed by atoms with van der Waals surface area (Å²) in [5.41, 5.74) is -1.37. The molecule has 0 spiro atoms. The lowest BCUT2D eigenvalue weighted by Gasteiger charge is -2.53. The van der Waals surface area contributed by atoms with Crippen LogP contribution in [0.2, 0.25) is 0 Å². The Hall–Kier alpha value is -1.51. The van der Waals surface area contributed by atoms with Crippen LogP contribution in [0.4, 0.5) is 18.0 Å². The molecule has 4 aliphatic rings. The van der Waals surface area contributed by atoms with Crippen molar-refractivity contribution >= 4 is 12.0 Å². The van der Waals surface area contributed by atoms with Gasteiger partial charge in [0.2, 0.25) is 5.91 Å². The molecule has 28 heavy (non-hydrogen) atoms. The van der Waals surface area contributed by atoms with Gasteiger partial charge >= 0.3 is 12.5 Å². The minimum Gasteiger partial charge on any atom is -0.444 e. The van der Waals surface area contributed by atoms with E-state index in [1.165, 1.54) is 0 Å². The zero-order valence-electron chi connectivity index (χ0n) is 16.6. The topological polar surface area (TPSA) is 76.7 Å². The lowest BCUT2D eigenvalue weighted by molar-refractivity contribution is -0.351. The Balaban J connectivity index is 1.47. The van der Waals surface area contributed by atoms with E-state index >= 15 is 0 Å². The van der Waals surface area contributed by atoms with Crippen molar-refractivity contribution in [3.05, 3.63) is 0 Å². The number of hydrogen-bond donors (Lipinski definition) is 2. The maximum atomic E-state index is 12.8. The molecule has 0 aromatic rings. The molecule has 2 N–H and O–H groups in total. The highest BCUT2D eigenvalue weighted by molar-refractivity contribution is 5.83. The van der Waals surface area contributed by atoms with Gasteiger partial charge in [0.25, 0.3) is 0 Å². The molecule has 4 saturated carbocycles. The number of halogens is 3. The predicted octanol–water partition coefficient (Wildman–Crippen LogP) is 3.79. The van der Waals surface area contributed by atoms with Gasteiger partial charge in [0.05, 0.1) is 6.10 Å². The number of nitrogens with one attached hydrogen (secondary N) is 2. The molecule has 0 aliphatic heterocycles. The van der Waals surface area contributed by atoms with Crippen LogP contribution in [0.15, 0.2) is 0 Å². The van der Waals surface area contributed by atoms with Crippen molar-refractivity contribution in [1.29, 1.82) is 0 Å². The van der Waals surface area contributed by atoms with Crippen molar-refractivity contribution in [2.45, 2.75) is 102 Å². The van der Waals surface area contributed by atoms with Crippen LogP contribution in [-0.2, 0) is 14.3 Å². The van der Waals surface area contributed by atoms with Crippen LogP contribution in [0, 0.1) is 5.41 Å². The third kappa shape index (κ3) is 4.90. The summed E-state index contributed by atoms with van der Waals surface area (Å²) in [6.07, 6.45) is -1.50. The van der Waals surface area contributed by atoms with Crippen LogP contribution in [-0.4, -0.2) is 41.6 Å². The van der Waals surface area contributed by atoms with Gasteiger partial charge in [0.1, 0.15) is 5.60 Å². The summed E-state index contributed by atoms with van der Waals surface area (Å²) < 4.78 is 45.9. The first-order valence-electron chi connectivity index (χ1n) is 9.87.